The second-order valence-electron chi connectivity index (χ2n) is 2.71. The summed E-state index contributed by atoms with van der Waals surface area (Å²) in [7, 11) is 0. The first-order valence-electron chi connectivity index (χ1n) is 3.81. The van der Waals surface area contributed by atoms with Gasteiger partial charge in [0, 0.05) is 4.90 Å². The molecular formula is C10H4N2S2. The molecular weight excluding hydrogens is 212 g/mol. The number of hydrogen-bond acceptors (Lipinski definition) is 4. The summed E-state index contributed by atoms with van der Waals surface area (Å²) >= 11 is 5.68. The summed E-state index contributed by atoms with van der Waals surface area (Å²) in [6.07, 6.45) is 0. The molecule has 0 aliphatic rings. The third-order valence-corrected chi connectivity index (χ3v) is 3.36. The van der Waals surface area contributed by atoms with Crippen molar-refractivity contribution in [2.24, 2.45) is 0 Å². The van der Waals surface area contributed by atoms with Crippen molar-refractivity contribution in [3.05, 3.63) is 28.6 Å². The molecule has 0 saturated carbocycles. The van der Waals surface area contributed by atoms with Crippen LogP contribution in [0.5, 0.6) is 0 Å². The van der Waals surface area contributed by atoms with Crippen LogP contribution in [0.1, 0.15) is 11.1 Å². The quantitative estimate of drug-likeness (QED) is 0.688. The fourth-order valence-electron chi connectivity index (χ4n) is 1.29. The van der Waals surface area contributed by atoms with Gasteiger partial charge in [-0.2, -0.15) is 10.5 Å². The molecule has 0 spiro atoms. The molecule has 14 heavy (non-hydrogen) atoms. The van der Waals surface area contributed by atoms with Crippen LogP contribution in [0.2, 0.25) is 0 Å². The molecule has 1 aromatic heterocycles. The predicted octanol–water partition coefficient (Wildman–Crippen LogP) is 2.93. The highest BCUT2D eigenvalue weighted by atomic mass is 32.1. The number of rotatable bonds is 0. The molecule has 2 aromatic rings. The number of thiol groups is 1. The number of nitriles is 2. The van der Waals surface area contributed by atoms with Crippen LogP contribution in [0.15, 0.2) is 22.4 Å². The normalized spacial score (nSPS) is 9.64. The minimum atomic E-state index is 0.454. The van der Waals surface area contributed by atoms with E-state index in [1.54, 1.807) is 6.07 Å². The molecule has 2 nitrogen and oxygen atoms in total. The lowest BCUT2D eigenvalue weighted by Crippen LogP contribution is -1.84. The molecule has 0 N–H and O–H groups in total. The molecule has 0 amide bonds. The zero-order valence-corrected chi connectivity index (χ0v) is 8.69. The average molecular weight is 216 g/mol. The van der Waals surface area contributed by atoms with Crippen LogP contribution < -0.4 is 0 Å². The van der Waals surface area contributed by atoms with E-state index in [0.717, 1.165) is 10.1 Å². The molecule has 0 aliphatic heterocycles. The highest BCUT2D eigenvalue weighted by molar-refractivity contribution is 7.80. The monoisotopic (exact) mass is 216 g/mol. The SMILES string of the molecule is N#Cc1cc2ccsc2c(C#N)c1S. The van der Waals surface area contributed by atoms with Gasteiger partial charge < -0.3 is 0 Å². The van der Waals surface area contributed by atoms with E-state index in [0.29, 0.717) is 16.0 Å². The van der Waals surface area contributed by atoms with Gasteiger partial charge in [0.15, 0.2) is 0 Å². The zero-order valence-electron chi connectivity index (χ0n) is 6.98. The molecule has 0 saturated heterocycles. The third-order valence-electron chi connectivity index (χ3n) is 1.95. The molecule has 4 heteroatoms. The van der Waals surface area contributed by atoms with Gasteiger partial charge in [-0.15, -0.1) is 24.0 Å². The molecule has 1 aromatic carbocycles. The standard InChI is InChI=1S/C10H4N2S2/c11-4-7-3-6-1-2-14-10(6)8(5-12)9(7)13/h1-3,13H. The largest absolute Gasteiger partial charge is 0.192 e. The Hall–Kier alpha value is -1.49. The summed E-state index contributed by atoms with van der Waals surface area (Å²) in [6, 6.07) is 7.77. The molecule has 0 aliphatic carbocycles. The lowest BCUT2D eigenvalue weighted by molar-refractivity contribution is 1.36. The van der Waals surface area contributed by atoms with Crippen molar-refractivity contribution < 1.29 is 0 Å². The molecule has 0 fully saturated rings. The van der Waals surface area contributed by atoms with Crippen LogP contribution in [0.25, 0.3) is 10.1 Å². The van der Waals surface area contributed by atoms with Crippen LogP contribution in [0.4, 0.5) is 0 Å². The van der Waals surface area contributed by atoms with Crippen molar-refractivity contribution in [1.82, 2.24) is 0 Å². The lowest BCUT2D eigenvalue weighted by atomic mass is 10.1. The molecule has 0 bridgehead atoms. The van der Waals surface area contributed by atoms with Gasteiger partial charge >= 0.3 is 0 Å². The van der Waals surface area contributed by atoms with E-state index in [9.17, 15) is 0 Å². The number of hydrogen-bond donors (Lipinski definition) is 1. The Morgan fingerprint density at radius 2 is 2.07 bits per heavy atom. The average Bonchev–Trinajstić information content (AvgIpc) is 2.64. The number of fused-ring (bicyclic) bond motifs is 1. The third kappa shape index (κ3) is 1.17. The first kappa shape index (κ1) is 9.08. The van der Waals surface area contributed by atoms with E-state index in [1.165, 1.54) is 11.3 Å². The smallest absolute Gasteiger partial charge is 0.102 e. The Morgan fingerprint density at radius 3 is 2.71 bits per heavy atom. The summed E-state index contributed by atoms with van der Waals surface area (Å²) in [5.41, 5.74) is 0.952. The van der Waals surface area contributed by atoms with Crippen LogP contribution in [-0.4, -0.2) is 0 Å². The molecule has 0 atom stereocenters. The molecule has 2 rings (SSSR count). The van der Waals surface area contributed by atoms with Crippen LogP contribution in [0, 0.1) is 22.7 Å². The fourth-order valence-corrected chi connectivity index (χ4v) is 2.52. The number of nitrogens with zero attached hydrogens (tertiary/aromatic N) is 2. The van der Waals surface area contributed by atoms with E-state index < -0.39 is 0 Å². The minimum absolute atomic E-state index is 0.454. The number of benzene rings is 1. The molecule has 0 unspecified atom stereocenters. The minimum Gasteiger partial charge on any atom is -0.192 e. The Bertz CT molecular complexity index is 584. The van der Waals surface area contributed by atoms with Crippen molar-refractivity contribution >= 4 is 34.1 Å². The van der Waals surface area contributed by atoms with Crippen molar-refractivity contribution in [2.45, 2.75) is 4.90 Å². The van der Waals surface area contributed by atoms with E-state index in [4.69, 9.17) is 10.5 Å². The summed E-state index contributed by atoms with van der Waals surface area (Å²) in [5.74, 6) is 0. The maximum atomic E-state index is 8.95. The van der Waals surface area contributed by atoms with Gasteiger partial charge in [-0.1, -0.05) is 0 Å². The van der Waals surface area contributed by atoms with Gasteiger partial charge in [0.05, 0.1) is 15.8 Å². The predicted molar refractivity (Wildman–Crippen MR) is 58.5 cm³/mol. The van der Waals surface area contributed by atoms with E-state index in [2.05, 4.69) is 18.7 Å². The van der Waals surface area contributed by atoms with Crippen LogP contribution in [0.3, 0.4) is 0 Å². The Labute approximate surface area is 90.4 Å². The Kier molecular flexibility index (Phi) is 2.17. The lowest BCUT2D eigenvalue weighted by Gasteiger charge is -2.00. The second-order valence-corrected chi connectivity index (χ2v) is 4.07. The van der Waals surface area contributed by atoms with Gasteiger partial charge in [-0.25, -0.2) is 0 Å². The maximum Gasteiger partial charge on any atom is 0.102 e. The first-order valence-corrected chi connectivity index (χ1v) is 5.14. The topological polar surface area (TPSA) is 47.6 Å². The van der Waals surface area contributed by atoms with Crippen LogP contribution >= 0.6 is 24.0 Å². The van der Waals surface area contributed by atoms with Gasteiger partial charge in [0.25, 0.3) is 0 Å². The van der Waals surface area contributed by atoms with Crippen molar-refractivity contribution in [2.75, 3.05) is 0 Å². The fraction of sp³-hybridized carbons (Fsp3) is 0. The van der Waals surface area contributed by atoms with E-state index >= 15 is 0 Å². The van der Waals surface area contributed by atoms with E-state index in [1.807, 2.05) is 17.5 Å². The molecule has 66 valence electrons. The Balaban J connectivity index is 2.98. The summed E-state index contributed by atoms with van der Waals surface area (Å²) in [5, 5.41) is 20.6. The number of thiophene rings is 1. The van der Waals surface area contributed by atoms with Crippen LogP contribution in [-0.2, 0) is 0 Å². The summed E-state index contributed by atoms with van der Waals surface area (Å²) in [6.45, 7) is 0. The maximum absolute atomic E-state index is 8.95. The van der Waals surface area contributed by atoms with Gasteiger partial charge in [-0.3, -0.25) is 0 Å². The highest BCUT2D eigenvalue weighted by Crippen LogP contribution is 2.31. The molecule has 0 radical (unpaired) electrons. The second kappa shape index (κ2) is 3.34. The first-order chi connectivity index (χ1) is 6.77. The zero-order chi connectivity index (χ0) is 10.1. The van der Waals surface area contributed by atoms with Gasteiger partial charge in [-0.05, 0) is 22.9 Å². The summed E-state index contributed by atoms with van der Waals surface area (Å²) < 4.78 is 0.900. The van der Waals surface area contributed by atoms with Crippen molar-refractivity contribution in [3.8, 4) is 12.1 Å². The van der Waals surface area contributed by atoms with E-state index in [-0.39, 0.29) is 0 Å². The van der Waals surface area contributed by atoms with Crippen molar-refractivity contribution in [3.63, 3.8) is 0 Å². The highest BCUT2D eigenvalue weighted by Gasteiger charge is 2.10. The van der Waals surface area contributed by atoms with Gasteiger partial charge in [0.1, 0.15) is 12.1 Å². The van der Waals surface area contributed by atoms with Crippen molar-refractivity contribution in [1.29, 1.82) is 10.5 Å². The molecule has 1 heterocycles. The Morgan fingerprint density at radius 1 is 1.29 bits per heavy atom. The van der Waals surface area contributed by atoms with Gasteiger partial charge in [0.2, 0.25) is 0 Å². The summed E-state index contributed by atoms with van der Waals surface area (Å²) in [4.78, 5) is 0.477.